The van der Waals surface area contributed by atoms with E-state index in [-0.39, 0.29) is 6.04 Å². The van der Waals surface area contributed by atoms with Gasteiger partial charge in [-0.3, -0.25) is 14.4 Å². The summed E-state index contributed by atoms with van der Waals surface area (Å²) in [6.07, 6.45) is 9.73. The van der Waals surface area contributed by atoms with Gasteiger partial charge in [-0.25, -0.2) is 4.98 Å². The second-order valence-corrected chi connectivity index (χ2v) is 5.99. The third kappa shape index (κ3) is 3.28. The number of aryl methyl sites for hydroxylation is 1. The zero-order chi connectivity index (χ0) is 14.7. The fourth-order valence-corrected chi connectivity index (χ4v) is 2.98. The molecule has 3 aromatic rings. The highest BCUT2D eigenvalue weighted by Crippen LogP contribution is 2.18. The average molecular weight is 301 g/mol. The van der Waals surface area contributed by atoms with E-state index in [0.29, 0.717) is 0 Å². The van der Waals surface area contributed by atoms with E-state index in [1.807, 2.05) is 30.9 Å². The first-order chi connectivity index (χ1) is 10.3. The van der Waals surface area contributed by atoms with Gasteiger partial charge in [0.05, 0.1) is 29.3 Å². The van der Waals surface area contributed by atoms with Crippen molar-refractivity contribution in [2.45, 2.75) is 32.7 Å². The monoisotopic (exact) mass is 301 g/mol. The molecule has 110 valence electrons. The van der Waals surface area contributed by atoms with Crippen LogP contribution in [0.25, 0.3) is 4.96 Å². The number of rotatable bonds is 6. The SMILES string of the molecule is CCCNC(Cc1cn2ccsc2n1)c1cnc(C)cn1. The van der Waals surface area contributed by atoms with Gasteiger partial charge in [0.25, 0.3) is 0 Å². The van der Waals surface area contributed by atoms with E-state index in [1.54, 1.807) is 11.3 Å². The summed E-state index contributed by atoms with van der Waals surface area (Å²) in [7, 11) is 0. The van der Waals surface area contributed by atoms with E-state index in [2.05, 4.69) is 37.8 Å². The van der Waals surface area contributed by atoms with Gasteiger partial charge in [-0.2, -0.15) is 0 Å². The fraction of sp³-hybridized carbons (Fsp3) is 0.400. The molecular weight excluding hydrogens is 282 g/mol. The molecule has 1 atom stereocenters. The molecule has 0 saturated carbocycles. The predicted octanol–water partition coefficient (Wildman–Crippen LogP) is 2.78. The number of hydrogen-bond acceptors (Lipinski definition) is 5. The molecule has 0 saturated heterocycles. The van der Waals surface area contributed by atoms with E-state index >= 15 is 0 Å². The molecule has 3 rings (SSSR count). The number of hydrogen-bond donors (Lipinski definition) is 1. The average Bonchev–Trinajstić information content (AvgIpc) is 3.05. The van der Waals surface area contributed by atoms with E-state index in [1.165, 1.54) is 0 Å². The van der Waals surface area contributed by atoms with Gasteiger partial charge in [-0.1, -0.05) is 6.92 Å². The largest absolute Gasteiger partial charge is 0.308 e. The van der Waals surface area contributed by atoms with E-state index in [4.69, 9.17) is 0 Å². The highest BCUT2D eigenvalue weighted by Gasteiger charge is 2.15. The summed E-state index contributed by atoms with van der Waals surface area (Å²) in [5, 5.41) is 5.59. The van der Waals surface area contributed by atoms with Crippen molar-refractivity contribution in [3.05, 3.63) is 47.2 Å². The molecule has 0 bridgehead atoms. The van der Waals surface area contributed by atoms with Crippen LogP contribution in [0.5, 0.6) is 0 Å². The van der Waals surface area contributed by atoms with Crippen molar-refractivity contribution in [2.24, 2.45) is 0 Å². The van der Waals surface area contributed by atoms with Crippen molar-refractivity contribution in [2.75, 3.05) is 6.54 Å². The Morgan fingerprint density at radius 1 is 1.33 bits per heavy atom. The van der Waals surface area contributed by atoms with Gasteiger partial charge < -0.3 is 5.32 Å². The molecule has 0 aliphatic carbocycles. The van der Waals surface area contributed by atoms with Crippen LogP contribution >= 0.6 is 11.3 Å². The lowest BCUT2D eigenvalue weighted by molar-refractivity contribution is 0.512. The summed E-state index contributed by atoms with van der Waals surface area (Å²) in [5.41, 5.74) is 3.00. The van der Waals surface area contributed by atoms with Gasteiger partial charge in [0.1, 0.15) is 0 Å². The molecule has 5 nitrogen and oxygen atoms in total. The maximum absolute atomic E-state index is 4.66. The van der Waals surface area contributed by atoms with Crippen molar-refractivity contribution < 1.29 is 0 Å². The van der Waals surface area contributed by atoms with Crippen LogP contribution in [0.1, 0.15) is 36.5 Å². The first-order valence-corrected chi connectivity index (χ1v) is 8.07. The highest BCUT2D eigenvalue weighted by molar-refractivity contribution is 7.15. The lowest BCUT2D eigenvalue weighted by Crippen LogP contribution is -2.25. The lowest BCUT2D eigenvalue weighted by Gasteiger charge is -2.16. The van der Waals surface area contributed by atoms with Crippen LogP contribution in [-0.2, 0) is 6.42 Å². The van der Waals surface area contributed by atoms with Crippen LogP contribution in [0, 0.1) is 6.92 Å². The van der Waals surface area contributed by atoms with Crippen LogP contribution in [0.4, 0.5) is 0 Å². The van der Waals surface area contributed by atoms with E-state index < -0.39 is 0 Å². The topological polar surface area (TPSA) is 55.1 Å². The van der Waals surface area contributed by atoms with Crippen LogP contribution in [0.15, 0.2) is 30.2 Å². The van der Waals surface area contributed by atoms with Gasteiger partial charge in [0, 0.05) is 30.4 Å². The minimum absolute atomic E-state index is 0.155. The maximum Gasteiger partial charge on any atom is 0.193 e. The Kier molecular flexibility index (Phi) is 4.26. The first kappa shape index (κ1) is 14.2. The standard InChI is InChI=1S/C15H19N5S/c1-3-4-16-13(14-9-17-11(2)8-18-14)7-12-10-20-5-6-21-15(20)19-12/h5-6,8-10,13,16H,3-4,7H2,1-2H3. The summed E-state index contributed by atoms with van der Waals surface area (Å²) in [6.45, 7) is 5.08. The quantitative estimate of drug-likeness (QED) is 0.760. The molecular formula is C15H19N5S. The Hall–Kier alpha value is -1.79. The predicted molar refractivity (Wildman–Crippen MR) is 84.6 cm³/mol. The minimum atomic E-state index is 0.155. The van der Waals surface area contributed by atoms with Gasteiger partial charge >= 0.3 is 0 Å². The third-order valence-electron chi connectivity index (χ3n) is 3.36. The number of nitrogens with zero attached hydrogens (tertiary/aromatic N) is 4. The second kappa shape index (κ2) is 6.32. The second-order valence-electron chi connectivity index (χ2n) is 5.12. The molecule has 6 heteroatoms. The van der Waals surface area contributed by atoms with E-state index in [9.17, 15) is 0 Å². The van der Waals surface area contributed by atoms with Gasteiger partial charge in [-0.15, -0.1) is 11.3 Å². The van der Waals surface area contributed by atoms with Crippen molar-refractivity contribution >= 4 is 16.3 Å². The third-order valence-corrected chi connectivity index (χ3v) is 4.13. The van der Waals surface area contributed by atoms with Crippen LogP contribution in [-0.4, -0.2) is 25.9 Å². The molecule has 0 radical (unpaired) electrons. The fourth-order valence-electron chi connectivity index (χ4n) is 2.27. The number of thiazole rings is 1. The van der Waals surface area contributed by atoms with Crippen LogP contribution < -0.4 is 5.32 Å². The number of fused-ring (bicyclic) bond motifs is 1. The molecule has 0 aliphatic heterocycles. The van der Waals surface area contributed by atoms with Crippen molar-refractivity contribution in [3.8, 4) is 0 Å². The first-order valence-electron chi connectivity index (χ1n) is 7.19. The van der Waals surface area contributed by atoms with Crippen molar-refractivity contribution in [3.63, 3.8) is 0 Å². The zero-order valence-electron chi connectivity index (χ0n) is 12.3. The Balaban J connectivity index is 1.81. The Labute approximate surface area is 128 Å². The lowest BCUT2D eigenvalue weighted by atomic mass is 10.1. The Bertz CT molecular complexity index is 672. The molecule has 0 spiro atoms. The zero-order valence-corrected chi connectivity index (χ0v) is 13.1. The van der Waals surface area contributed by atoms with Gasteiger partial charge in [0.15, 0.2) is 4.96 Å². The molecule has 1 N–H and O–H groups in total. The van der Waals surface area contributed by atoms with Crippen LogP contribution in [0.2, 0.25) is 0 Å². The van der Waals surface area contributed by atoms with Crippen molar-refractivity contribution in [1.82, 2.24) is 24.7 Å². The summed E-state index contributed by atoms with van der Waals surface area (Å²) in [5.74, 6) is 0. The summed E-state index contributed by atoms with van der Waals surface area (Å²) in [4.78, 5) is 14.6. The number of aromatic nitrogens is 4. The highest BCUT2D eigenvalue weighted by atomic mass is 32.1. The summed E-state index contributed by atoms with van der Waals surface area (Å²) in [6, 6.07) is 0.155. The van der Waals surface area contributed by atoms with Gasteiger partial charge in [-0.05, 0) is 19.9 Å². The summed E-state index contributed by atoms with van der Waals surface area (Å²) >= 11 is 1.65. The van der Waals surface area contributed by atoms with Crippen LogP contribution in [0.3, 0.4) is 0 Å². The number of nitrogens with one attached hydrogen (secondary N) is 1. The molecule has 0 amide bonds. The van der Waals surface area contributed by atoms with Gasteiger partial charge in [0.2, 0.25) is 0 Å². The Morgan fingerprint density at radius 3 is 2.95 bits per heavy atom. The normalized spacial score (nSPS) is 12.9. The minimum Gasteiger partial charge on any atom is -0.308 e. The molecule has 1 unspecified atom stereocenters. The maximum atomic E-state index is 4.66. The Morgan fingerprint density at radius 2 is 2.24 bits per heavy atom. The molecule has 21 heavy (non-hydrogen) atoms. The summed E-state index contributed by atoms with van der Waals surface area (Å²) < 4.78 is 2.07. The smallest absolute Gasteiger partial charge is 0.193 e. The molecule has 3 heterocycles. The molecule has 3 aromatic heterocycles. The molecule has 0 aliphatic rings. The number of imidazole rings is 1. The molecule has 0 aromatic carbocycles. The molecule has 0 fully saturated rings. The van der Waals surface area contributed by atoms with E-state index in [0.717, 1.165) is 41.4 Å². The van der Waals surface area contributed by atoms with Crippen molar-refractivity contribution in [1.29, 1.82) is 0 Å².